The van der Waals surface area contributed by atoms with E-state index >= 15 is 0 Å². The molecule has 25 heavy (non-hydrogen) atoms. The van der Waals surface area contributed by atoms with Crippen LogP contribution in [0.25, 0.3) is 28.1 Å². The highest BCUT2D eigenvalue weighted by Crippen LogP contribution is 2.38. The molecule has 0 saturated carbocycles. The quantitative estimate of drug-likeness (QED) is 0.599. The number of rotatable bonds is 4. The van der Waals surface area contributed by atoms with Gasteiger partial charge in [0, 0.05) is 18.0 Å². The van der Waals surface area contributed by atoms with Gasteiger partial charge in [-0.3, -0.25) is 0 Å². The molecular weight excluding hydrogens is 336 g/mol. The molecule has 0 aliphatic heterocycles. The van der Waals surface area contributed by atoms with Gasteiger partial charge in [-0.1, -0.05) is 47.1 Å². The van der Waals surface area contributed by atoms with Crippen molar-refractivity contribution in [3.05, 3.63) is 65.0 Å². The Kier molecular flexibility index (Phi) is 4.03. The van der Waals surface area contributed by atoms with Gasteiger partial charge in [0.2, 0.25) is 11.7 Å². The molecule has 2 aromatic heterocycles. The van der Waals surface area contributed by atoms with Gasteiger partial charge in [-0.25, -0.2) is 0 Å². The van der Waals surface area contributed by atoms with Crippen LogP contribution in [0.15, 0.2) is 53.1 Å². The lowest BCUT2D eigenvalue weighted by Gasteiger charge is -2.10. The van der Waals surface area contributed by atoms with E-state index in [0.717, 1.165) is 28.7 Å². The van der Waals surface area contributed by atoms with Crippen LogP contribution in [0.4, 0.5) is 0 Å². The predicted molar refractivity (Wildman–Crippen MR) is 99.1 cm³/mol. The molecule has 2 N–H and O–H groups in total. The largest absolute Gasteiger partial charge is 0.339 e. The van der Waals surface area contributed by atoms with Crippen molar-refractivity contribution in [3.8, 4) is 17.2 Å². The van der Waals surface area contributed by atoms with E-state index in [9.17, 15) is 0 Å². The fraction of sp³-hybridized carbons (Fsp3) is 0.158. The van der Waals surface area contributed by atoms with Gasteiger partial charge in [0.15, 0.2) is 0 Å². The molecule has 5 nitrogen and oxygen atoms in total. The van der Waals surface area contributed by atoms with Crippen LogP contribution >= 0.6 is 11.6 Å². The third kappa shape index (κ3) is 2.71. The summed E-state index contributed by atoms with van der Waals surface area (Å²) < 4.78 is 7.23. The maximum atomic E-state index is 6.68. The molecule has 0 fully saturated rings. The number of para-hydroxylation sites is 1. The summed E-state index contributed by atoms with van der Waals surface area (Å²) in [5.41, 5.74) is 9.55. The molecule has 0 radical (unpaired) electrons. The Morgan fingerprint density at radius 3 is 2.56 bits per heavy atom. The molecule has 0 saturated heterocycles. The second kappa shape index (κ2) is 6.35. The number of nitrogens with two attached hydrogens (primary N) is 1. The number of aryl methyl sites for hydroxylation is 1. The summed E-state index contributed by atoms with van der Waals surface area (Å²) >= 11 is 6.68. The van der Waals surface area contributed by atoms with Crippen molar-refractivity contribution in [2.24, 2.45) is 5.73 Å². The third-order valence-corrected chi connectivity index (χ3v) is 4.56. The van der Waals surface area contributed by atoms with Crippen molar-refractivity contribution >= 4 is 22.5 Å². The van der Waals surface area contributed by atoms with Crippen LogP contribution in [0.2, 0.25) is 5.02 Å². The standard InChI is InChI=1S/C19H17ClN4O/c1-12-22-19(23-25-12)18-17(20)15-4-2-3-5-16(15)24(18)14-8-6-13(7-9-14)10-11-21/h2-9H,10-11,21H2,1H3. The van der Waals surface area contributed by atoms with E-state index in [1.54, 1.807) is 6.92 Å². The number of hydrogen-bond acceptors (Lipinski definition) is 4. The molecule has 126 valence electrons. The molecule has 6 heteroatoms. The van der Waals surface area contributed by atoms with E-state index in [4.69, 9.17) is 21.9 Å². The van der Waals surface area contributed by atoms with Gasteiger partial charge in [-0.2, -0.15) is 4.98 Å². The lowest BCUT2D eigenvalue weighted by molar-refractivity contribution is 0.394. The maximum Gasteiger partial charge on any atom is 0.223 e. The average molecular weight is 353 g/mol. The lowest BCUT2D eigenvalue weighted by atomic mass is 10.1. The van der Waals surface area contributed by atoms with Crippen LogP contribution in [0.3, 0.4) is 0 Å². The minimum absolute atomic E-state index is 0.477. The predicted octanol–water partition coefficient (Wildman–Crippen LogP) is 4.14. The Morgan fingerprint density at radius 2 is 1.88 bits per heavy atom. The van der Waals surface area contributed by atoms with E-state index in [-0.39, 0.29) is 0 Å². The molecular formula is C19H17ClN4O. The minimum atomic E-state index is 0.477. The number of hydrogen-bond donors (Lipinski definition) is 1. The van der Waals surface area contributed by atoms with E-state index in [2.05, 4.69) is 39.0 Å². The molecule has 2 heterocycles. The minimum Gasteiger partial charge on any atom is -0.339 e. The van der Waals surface area contributed by atoms with Gasteiger partial charge in [-0.15, -0.1) is 0 Å². The van der Waals surface area contributed by atoms with Crippen molar-refractivity contribution in [1.29, 1.82) is 0 Å². The summed E-state index contributed by atoms with van der Waals surface area (Å²) in [6, 6.07) is 16.3. The highest BCUT2D eigenvalue weighted by Gasteiger charge is 2.22. The monoisotopic (exact) mass is 352 g/mol. The van der Waals surface area contributed by atoms with E-state index in [1.807, 2.05) is 24.3 Å². The summed E-state index contributed by atoms with van der Waals surface area (Å²) in [4.78, 5) is 4.37. The van der Waals surface area contributed by atoms with Gasteiger partial charge >= 0.3 is 0 Å². The SMILES string of the molecule is Cc1nc(-c2c(Cl)c3ccccc3n2-c2ccc(CCN)cc2)no1. The topological polar surface area (TPSA) is 69.9 Å². The number of fused-ring (bicyclic) bond motifs is 1. The molecule has 4 rings (SSSR count). The molecule has 4 aromatic rings. The molecule has 0 atom stereocenters. The van der Waals surface area contributed by atoms with Crippen LogP contribution in [0.5, 0.6) is 0 Å². The Hall–Kier alpha value is -2.63. The molecule has 0 unspecified atom stereocenters. The van der Waals surface area contributed by atoms with E-state index in [0.29, 0.717) is 23.3 Å². The second-order valence-corrected chi connectivity index (χ2v) is 6.24. The smallest absolute Gasteiger partial charge is 0.223 e. The number of nitrogens with zero attached hydrogens (tertiary/aromatic N) is 3. The van der Waals surface area contributed by atoms with Crippen molar-refractivity contribution in [2.75, 3.05) is 6.54 Å². The fourth-order valence-corrected chi connectivity index (χ4v) is 3.37. The van der Waals surface area contributed by atoms with Crippen LogP contribution in [0.1, 0.15) is 11.5 Å². The molecule has 0 aliphatic carbocycles. The fourth-order valence-electron chi connectivity index (χ4n) is 3.04. The summed E-state index contributed by atoms with van der Waals surface area (Å²) in [6.07, 6.45) is 0.852. The number of aromatic nitrogens is 3. The summed E-state index contributed by atoms with van der Waals surface area (Å²) in [6.45, 7) is 2.39. The van der Waals surface area contributed by atoms with Crippen molar-refractivity contribution < 1.29 is 4.52 Å². The second-order valence-electron chi connectivity index (χ2n) is 5.86. The Balaban J connectivity index is 1.98. The van der Waals surface area contributed by atoms with Crippen LogP contribution in [-0.4, -0.2) is 21.3 Å². The van der Waals surface area contributed by atoms with Crippen LogP contribution in [-0.2, 0) is 6.42 Å². The summed E-state index contributed by atoms with van der Waals surface area (Å²) in [5, 5.41) is 5.63. The number of benzene rings is 2. The van der Waals surface area contributed by atoms with Gasteiger partial charge in [0.05, 0.1) is 10.5 Å². The van der Waals surface area contributed by atoms with Gasteiger partial charge in [-0.05, 0) is 36.7 Å². The molecule has 0 bridgehead atoms. The summed E-state index contributed by atoms with van der Waals surface area (Å²) in [7, 11) is 0. The molecule has 0 aliphatic rings. The highest BCUT2D eigenvalue weighted by atomic mass is 35.5. The lowest BCUT2D eigenvalue weighted by Crippen LogP contribution is -2.03. The van der Waals surface area contributed by atoms with Gasteiger partial charge < -0.3 is 14.8 Å². The first kappa shape index (κ1) is 15.9. The normalized spacial score (nSPS) is 11.3. The zero-order chi connectivity index (χ0) is 17.4. The Labute approximate surface area is 150 Å². The van der Waals surface area contributed by atoms with Crippen LogP contribution < -0.4 is 5.73 Å². The highest BCUT2D eigenvalue weighted by molar-refractivity contribution is 6.38. The maximum absolute atomic E-state index is 6.68. The first-order valence-electron chi connectivity index (χ1n) is 8.08. The first-order valence-corrected chi connectivity index (χ1v) is 8.46. The van der Waals surface area contributed by atoms with E-state index < -0.39 is 0 Å². The van der Waals surface area contributed by atoms with Gasteiger partial charge in [0.25, 0.3) is 0 Å². The third-order valence-electron chi connectivity index (χ3n) is 4.18. The Bertz CT molecular complexity index is 1030. The Morgan fingerprint density at radius 1 is 1.12 bits per heavy atom. The van der Waals surface area contributed by atoms with Crippen molar-refractivity contribution in [3.63, 3.8) is 0 Å². The molecule has 2 aromatic carbocycles. The molecule has 0 spiro atoms. The zero-order valence-electron chi connectivity index (χ0n) is 13.7. The van der Waals surface area contributed by atoms with Crippen molar-refractivity contribution in [2.45, 2.75) is 13.3 Å². The van der Waals surface area contributed by atoms with Crippen molar-refractivity contribution in [1.82, 2.24) is 14.7 Å². The molecule has 0 amide bonds. The van der Waals surface area contributed by atoms with E-state index in [1.165, 1.54) is 5.56 Å². The first-order chi connectivity index (χ1) is 12.2. The summed E-state index contributed by atoms with van der Waals surface area (Å²) in [5.74, 6) is 0.978. The van der Waals surface area contributed by atoms with Gasteiger partial charge in [0.1, 0.15) is 5.69 Å². The van der Waals surface area contributed by atoms with Crippen LogP contribution in [0, 0.1) is 6.92 Å². The average Bonchev–Trinajstić information content (AvgIpc) is 3.18. The number of halogens is 1. The zero-order valence-corrected chi connectivity index (χ0v) is 14.5.